The van der Waals surface area contributed by atoms with Crippen molar-refractivity contribution in [2.45, 2.75) is 31.7 Å². The van der Waals surface area contributed by atoms with Crippen molar-refractivity contribution in [2.24, 2.45) is 0 Å². The minimum atomic E-state index is -0.157. The molecule has 128 valence electrons. The molecule has 0 spiro atoms. The Morgan fingerprint density at radius 1 is 1.12 bits per heavy atom. The highest BCUT2D eigenvalue weighted by atomic mass is 16.5. The Balaban J connectivity index is 1.61. The first-order valence-electron chi connectivity index (χ1n) is 8.51. The number of para-hydroxylation sites is 1. The van der Waals surface area contributed by atoms with E-state index in [0.717, 1.165) is 31.4 Å². The van der Waals surface area contributed by atoms with E-state index in [2.05, 4.69) is 15.2 Å². The number of hydrogen-bond donors (Lipinski definition) is 0. The summed E-state index contributed by atoms with van der Waals surface area (Å²) < 4.78 is 6.60. The Labute approximate surface area is 145 Å². The number of nitrogens with zero attached hydrogens (tertiary/aromatic N) is 5. The molecule has 3 heterocycles. The largest absolute Gasteiger partial charge is 0.343 e. The van der Waals surface area contributed by atoms with Crippen LogP contribution < -0.4 is 0 Å². The number of likely N-dealkylation sites (tertiary alicyclic amines) is 1. The highest BCUT2D eigenvalue weighted by molar-refractivity contribution is 5.92. The minimum absolute atomic E-state index is 0.0913. The summed E-state index contributed by atoms with van der Waals surface area (Å²) in [6, 6.07) is 11.3. The van der Waals surface area contributed by atoms with Crippen LogP contribution in [0.25, 0.3) is 5.69 Å². The standard InChI is InChI=1S/C18H19N5O2/c24-18(15-10-12-23(20-15)14-7-3-1-4-8-14)22-11-6-2-5-9-16(22)17-19-13-25-21-17/h1,3-4,7-8,10,12-13,16H,2,5-6,9,11H2/t16-/m0/s1. The number of benzene rings is 1. The summed E-state index contributed by atoms with van der Waals surface area (Å²) >= 11 is 0. The minimum Gasteiger partial charge on any atom is -0.343 e. The molecule has 1 aliphatic rings. The molecule has 7 heteroatoms. The van der Waals surface area contributed by atoms with E-state index >= 15 is 0 Å². The second-order valence-corrected chi connectivity index (χ2v) is 6.13. The quantitative estimate of drug-likeness (QED) is 0.734. The van der Waals surface area contributed by atoms with Crippen LogP contribution in [0, 0.1) is 0 Å². The summed E-state index contributed by atoms with van der Waals surface area (Å²) in [5.41, 5.74) is 1.35. The number of hydrogen-bond acceptors (Lipinski definition) is 5. The number of carbonyl (C=O) groups excluding carboxylic acids is 1. The van der Waals surface area contributed by atoms with Crippen LogP contribution in [-0.2, 0) is 0 Å². The van der Waals surface area contributed by atoms with E-state index in [1.807, 2.05) is 41.4 Å². The Kier molecular flexibility index (Phi) is 4.28. The average Bonchev–Trinajstić information content (AvgIpc) is 3.30. The van der Waals surface area contributed by atoms with Crippen LogP contribution in [-0.4, -0.2) is 37.3 Å². The van der Waals surface area contributed by atoms with Crippen molar-refractivity contribution in [3.63, 3.8) is 0 Å². The molecule has 1 aliphatic heterocycles. The molecule has 4 rings (SSSR count). The molecule has 1 saturated heterocycles. The van der Waals surface area contributed by atoms with E-state index < -0.39 is 0 Å². The molecule has 1 amide bonds. The van der Waals surface area contributed by atoms with Gasteiger partial charge in [0, 0.05) is 12.7 Å². The second-order valence-electron chi connectivity index (χ2n) is 6.13. The van der Waals surface area contributed by atoms with Gasteiger partial charge in [-0.2, -0.15) is 10.1 Å². The van der Waals surface area contributed by atoms with Gasteiger partial charge in [-0.15, -0.1) is 0 Å². The Hall–Kier alpha value is -2.96. The van der Waals surface area contributed by atoms with Crippen molar-refractivity contribution >= 4 is 5.91 Å². The molecular weight excluding hydrogens is 318 g/mol. The fourth-order valence-electron chi connectivity index (χ4n) is 3.26. The predicted molar refractivity (Wildman–Crippen MR) is 90.1 cm³/mol. The zero-order chi connectivity index (χ0) is 17.1. The summed E-state index contributed by atoms with van der Waals surface area (Å²) in [5, 5.41) is 8.42. The highest BCUT2D eigenvalue weighted by Gasteiger charge is 2.31. The average molecular weight is 337 g/mol. The van der Waals surface area contributed by atoms with Crippen molar-refractivity contribution < 1.29 is 9.32 Å². The van der Waals surface area contributed by atoms with Crippen LogP contribution in [0.4, 0.5) is 0 Å². The van der Waals surface area contributed by atoms with Gasteiger partial charge in [0.25, 0.3) is 5.91 Å². The van der Waals surface area contributed by atoms with Gasteiger partial charge in [-0.3, -0.25) is 4.79 Å². The van der Waals surface area contributed by atoms with Crippen molar-refractivity contribution in [2.75, 3.05) is 6.54 Å². The van der Waals surface area contributed by atoms with Crippen LogP contribution in [0.3, 0.4) is 0 Å². The molecule has 25 heavy (non-hydrogen) atoms. The maximum absolute atomic E-state index is 13.1. The Morgan fingerprint density at radius 3 is 2.80 bits per heavy atom. The number of aromatic nitrogens is 4. The van der Waals surface area contributed by atoms with Crippen LogP contribution in [0.5, 0.6) is 0 Å². The maximum Gasteiger partial charge on any atom is 0.274 e. The van der Waals surface area contributed by atoms with Crippen LogP contribution in [0.15, 0.2) is 53.5 Å². The molecule has 0 bridgehead atoms. The highest BCUT2D eigenvalue weighted by Crippen LogP contribution is 2.29. The third-order valence-electron chi connectivity index (χ3n) is 4.52. The van der Waals surface area contributed by atoms with Gasteiger partial charge in [0.05, 0.1) is 11.7 Å². The summed E-state index contributed by atoms with van der Waals surface area (Å²) in [7, 11) is 0. The number of rotatable bonds is 3. The van der Waals surface area contributed by atoms with Crippen molar-refractivity contribution in [3.8, 4) is 5.69 Å². The summed E-state index contributed by atoms with van der Waals surface area (Å²) in [5.74, 6) is 0.476. The fraction of sp³-hybridized carbons (Fsp3) is 0.333. The zero-order valence-corrected chi connectivity index (χ0v) is 13.8. The van der Waals surface area contributed by atoms with Gasteiger partial charge >= 0.3 is 0 Å². The van der Waals surface area contributed by atoms with Crippen LogP contribution in [0.1, 0.15) is 48.0 Å². The molecule has 0 aliphatic carbocycles. The maximum atomic E-state index is 13.1. The van der Waals surface area contributed by atoms with Crippen molar-refractivity contribution in [3.05, 3.63) is 60.5 Å². The molecule has 7 nitrogen and oxygen atoms in total. The fourth-order valence-corrected chi connectivity index (χ4v) is 3.26. The van der Waals surface area contributed by atoms with E-state index in [1.165, 1.54) is 6.39 Å². The Morgan fingerprint density at radius 2 is 2.00 bits per heavy atom. The summed E-state index contributed by atoms with van der Waals surface area (Å²) in [4.78, 5) is 19.1. The second kappa shape index (κ2) is 6.88. The van der Waals surface area contributed by atoms with Crippen LogP contribution in [0.2, 0.25) is 0 Å². The third-order valence-corrected chi connectivity index (χ3v) is 4.52. The first-order chi connectivity index (χ1) is 12.3. The number of carbonyl (C=O) groups is 1. The van der Waals surface area contributed by atoms with E-state index in [4.69, 9.17) is 4.52 Å². The van der Waals surface area contributed by atoms with Gasteiger partial charge in [0.15, 0.2) is 11.5 Å². The van der Waals surface area contributed by atoms with Gasteiger partial charge in [0.1, 0.15) is 0 Å². The van der Waals surface area contributed by atoms with Gasteiger partial charge in [0.2, 0.25) is 6.39 Å². The monoisotopic (exact) mass is 337 g/mol. The van der Waals surface area contributed by atoms with E-state index in [-0.39, 0.29) is 11.9 Å². The molecule has 0 unspecified atom stereocenters. The normalized spacial score (nSPS) is 18.1. The molecule has 0 radical (unpaired) electrons. The van der Waals surface area contributed by atoms with E-state index in [1.54, 1.807) is 10.7 Å². The zero-order valence-electron chi connectivity index (χ0n) is 13.8. The topological polar surface area (TPSA) is 77.0 Å². The lowest BCUT2D eigenvalue weighted by atomic mass is 10.1. The molecule has 1 fully saturated rings. The number of amides is 1. The van der Waals surface area contributed by atoms with Gasteiger partial charge < -0.3 is 9.42 Å². The molecule has 3 aromatic rings. The van der Waals surface area contributed by atoms with Crippen LogP contribution >= 0.6 is 0 Å². The van der Waals surface area contributed by atoms with Crippen molar-refractivity contribution in [1.82, 2.24) is 24.8 Å². The lowest BCUT2D eigenvalue weighted by Crippen LogP contribution is -2.35. The SMILES string of the molecule is O=C(c1ccn(-c2ccccc2)n1)N1CCCCC[C@H]1c1ncon1. The molecule has 2 aromatic heterocycles. The summed E-state index contributed by atoms with van der Waals surface area (Å²) in [6.45, 7) is 0.677. The van der Waals surface area contributed by atoms with Crippen molar-refractivity contribution in [1.29, 1.82) is 0 Å². The van der Waals surface area contributed by atoms with E-state index in [9.17, 15) is 4.79 Å². The van der Waals surface area contributed by atoms with Gasteiger partial charge in [-0.25, -0.2) is 4.68 Å². The predicted octanol–water partition coefficient (Wildman–Crippen LogP) is 3.01. The first-order valence-corrected chi connectivity index (χ1v) is 8.51. The lowest BCUT2D eigenvalue weighted by molar-refractivity contribution is 0.0664. The molecule has 0 saturated carbocycles. The molecule has 0 N–H and O–H groups in total. The van der Waals surface area contributed by atoms with Gasteiger partial charge in [-0.05, 0) is 31.0 Å². The van der Waals surface area contributed by atoms with Gasteiger partial charge in [-0.1, -0.05) is 36.2 Å². The molecule has 1 aromatic carbocycles. The smallest absolute Gasteiger partial charge is 0.274 e. The molecular formula is C18H19N5O2. The first kappa shape index (κ1) is 15.6. The Bertz CT molecular complexity index is 828. The third kappa shape index (κ3) is 3.17. The lowest BCUT2D eigenvalue weighted by Gasteiger charge is -2.27. The van der Waals surface area contributed by atoms with E-state index in [0.29, 0.717) is 18.1 Å². The molecule has 1 atom stereocenters. The summed E-state index contributed by atoms with van der Waals surface area (Å²) in [6.07, 6.45) is 7.07.